The predicted octanol–water partition coefficient (Wildman–Crippen LogP) is 4.06. The van der Waals surface area contributed by atoms with Crippen LogP contribution in [0, 0.1) is 15.9 Å². The van der Waals surface area contributed by atoms with Crippen molar-refractivity contribution in [3.63, 3.8) is 0 Å². The molecule has 0 aliphatic rings. The van der Waals surface area contributed by atoms with Crippen LogP contribution < -0.4 is 5.32 Å². The van der Waals surface area contributed by atoms with E-state index in [9.17, 15) is 14.5 Å². The maximum atomic E-state index is 13.4. The van der Waals surface area contributed by atoms with E-state index in [4.69, 9.17) is 0 Å². The number of nitrogens with one attached hydrogen (secondary N) is 1. The Morgan fingerprint density at radius 1 is 1.40 bits per heavy atom. The molecule has 0 saturated heterocycles. The molecule has 1 unspecified atom stereocenters. The average Bonchev–Trinajstić information content (AvgIpc) is 2.43. The van der Waals surface area contributed by atoms with Crippen LogP contribution in [0.4, 0.5) is 15.8 Å². The molecule has 0 saturated carbocycles. The summed E-state index contributed by atoms with van der Waals surface area (Å²) in [4.78, 5) is 14.3. The lowest BCUT2D eigenvalue weighted by atomic mass is 10.1. The van der Waals surface area contributed by atoms with Crippen LogP contribution in [-0.2, 0) is 0 Å². The topological polar surface area (TPSA) is 68.1 Å². The molecule has 7 heteroatoms. The minimum absolute atomic E-state index is 0.172. The van der Waals surface area contributed by atoms with Crippen LogP contribution in [-0.4, -0.2) is 9.91 Å². The predicted molar refractivity (Wildman–Crippen MR) is 77.0 cm³/mol. The van der Waals surface area contributed by atoms with Gasteiger partial charge in [-0.2, -0.15) is 0 Å². The Balaban J connectivity index is 2.33. The van der Waals surface area contributed by atoms with Crippen molar-refractivity contribution < 1.29 is 9.31 Å². The van der Waals surface area contributed by atoms with Gasteiger partial charge in [0.2, 0.25) is 0 Å². The maximum absolute atomic E-state index is 13.4. The first-order valence-electron chi connectivity index (χ1n) is 5.79. The van der Waals surface area contributed by atoms with Gasteiger partial charge in [0.15, 0.2) is 0 Å². The van der Waals surface area contributed by atoms with E-state index in [1.807, 2.05) is 19.1 Å². The van der Waals surface area contributed by atoms with Gasteiger partial charge in [0.25, 0.3) is 5.69 Å². The van der Waals surface area contributed by atoms with Crippen molar-refractivity contribution in [2.45, 2.75) is 13.0 Å². The van der Waals surface area contributed by atoms with Crippen molar-refractivity contribution in [1.82, 2.24) is 4.98 Å². The molecule has 1 aromatic carbocycles. The zero-order valence-corrected chi connectivity index (χ0v) is 12.1. The summed E-state index contributed by atoms with van der Waals surface area (Å²) in [6.45, 7) is 1.86. The highest BCUT2D eigenvalue weighted by Gasteiger charge is 2.19. The van der Waals surface area contributed by atoms with Gasteiger partial charge >= 0.3 is 0 Å². The molecule has 1 heterocycles. The van der Waals surface area contributed by atoms with E-state index >= 15 is 0 Å². The second kappa shape index (κ2) is 5.96. The van der Waals surface area contributed by atoms with Crippen LogP contribution in [0.1, 0.15) is 18.5 Å². The number of hydrogen-bond donors (Lipinski definition) is 1. The molecule has 0 radical (unpaired) electrons. The van der Waals surface area contributed by atoms with Gasteiger partial charge in [-0.05, 0) is 46.6 Å². The normalized spacial score (nSPS) is 11.9. The summed E-state index contributed by atoms with van der Waals surface area (Å²) in [5, 5.41) is 14.0. The minimum Gasteiger partial charge on any atom is -0.373 e. The second-order valence-electron chi connectivity index (χ2n) is 4.19. The smallest absolute Gasteiger partial charge is 0.295 e. The molecule has 0 bridgehead atoms. The monoisotopic (exact) mass is 339 g/mol. The zero-order valence-electron chi connectivity index (χ0n) is 10.5. The number of halogens is 2. The lowest BCUT2D eigenvalue weighted by Gasteiger charge is -2.16. The van der Waals surface area contributed by atoms with E-state index in [-0.39, 0.29) is 21.9 Å². The third kappa shape index (κ3) is 3.11. The van der Waals surface area contributed by atoms with Crippen molar-refractivity contribution in [3.8, 4) is 0 Å². The Morgan fingerprint density at radius 2 is 2.05 bits per heavy atom. The van der Waals surface area contributed by atoms with Gasteiger partial charge in [0.05, 0.1) is 15.5 Å². The van der Waals surface area contributed by atoms with E-state index in [0.717, 1.165) is 11.6 Å². The summed E-state index contributed by atoms with van der Waals surface area (Å²) in [6, 6.07) is 5.70. The van der Waals surface area contributed by atoms with Gasteiger partial charge in [-0.15, -0.1) is 0 Å². The highest BCUT2D eigenvalue weighted by Crippen LogP contribution is 2.32. The molecule has 0 aliphatic carbocycles. The minimum atomic E-state index is -0.668. The molecule has 1 aromatic heterocycles. The highest BCUT2D eigenvalue weighted by molar-refractivity contribution is 9.10. The van der Waals surface area contributed by atoms with E-state index in [1.54, 1.807) is 12.4 Å². The molecule has 2 rings (SSSR count). The van der Waals surface area contributed by atoms with Crippen molar-refractivity contribution >= 4 is 27.3 Å². The molecule has 1 N–H and O–H groups in total. The summed E-state index contributed by atoms with van der Waals surface area (Å²) >= 11 is 3.03. The van der Waals surface area contributed by atoms with Crippen LogP contribution in [0.3, 0.4) is 0 Å². The third-order valence-electron chi connectivity index (χ3n) is 2.81. The van der Waals surface area contributed by atoms with Crippen molar-refractivity contribution in [3.05, 3.63) is 62.6 Å². The maximum Gasteiger partial charge on any atom is 0.295 e. The number of nitro benzene ring substituents is 1. The zero-order chi connectivity index (χ0) is 14.7. The second-order valence-corrected chi connectivity index (χ2v) is 5.04. The molecule has 1 atom stereocenters. The quantitative estimate of drug-likeness (QED) is 0.673. The van der Waals surface area contributed by atoms with Crippen molar-refractivity contribution in [1.29, 1.82) is 0 Å². The molecular weight excluding hydrogens is 329 g/mol. The largest absolute Gasteiger partial charge is 0.373 e. The van der Waals surface area contributed by atoms with Gasteiger partial charge in [-0.25, -0.2) is 4.39 Å². The highest BCUT2D eigenvalue weighted by atomic mass is 79.9. The summed E-state index contributed by atoms with van der Waals surface area (Å²) in [5.74, 6) is -0.668. The van der Waals surface area contributed by atoms with Gasteiger partial charge in [-0.1, -0.05) is 0 Å². The van der Waals surface area contributed by atoms with Gasteiger partial charge in [-0.3, -0.25) is 15.1 Å². The van der Waals surface area contributed by atoms with Gasteiger partial charge in [0, 0.05) is 18.4 Å². The van der Waals surface area contributed by atoms with Crippen LogP contribution in [0.2, 0.25) is 0 Å². The molecule has 0 fully saturated rings. The number of hydrogen-bond acceptors (Lipinski definition) is 4. The van der Waals surface area contributed by atoms with Gasteiger partial charge in [0.1, 0.15) is 11.5 Å². The number of pyridine rings is 1. The Hall–Kier alpha value is -2.02. The van der Waals surface area contributed by atoms with Crippen molar-refractivity contribution in [2.75, 3.05) is 5.32 Å². The Labute approximate surface area is 123 Å². The first kappa shape index (κ1) is 14.4. The number of anilines is 1. The van der Waals surface area contributed by atoms with E-state index in [2.05, 4.69) is 26.2 Å². The lowest BCUT2D eigenvalue weighted by molar-refractivity contribution is -0.384. The molecule has 0 amide bonds. The molecule has 2 aromatic rings. The van der Waals surface area contributed by atoms with Crippen LogP contribution in [0.15, 0.2) is 41.1 Å². The standard InChI is InChI=1S/C13H11BrFN3O2/c1-8(9-2-4-16-5-3-9)17-12-6-10(14)11(15)7-13(12)18(19)20/h2-8,17H,1H3. The third-order valence-corrected chi connectivity index (χ3v) is 3.42. The number of benzene rings is 1. The summed E-state index contributed by atoms with van der Waals surface area (Å²) in [7, 11) is 0. The number of rotatable bonds is 4. The van der Waals surface area contributed by atoms with E-state index in [0.29, 0.717) is 0 Å². The molecule has 0 spiro atoms. The lowest BCUT2D eigenvalue weighted by Crippen LogP contribution is -2.08. The summed E-state index contributed by atoms with van der Waals surface area (Å²) in [6.07, 6.45) is 3.28. The SMILES string of the molecule is CC(Nc1cc(Br)c(F)cc1[N+](=O)[O-])c1ccncc1. The average molecular weight is 340 g/mol. The summed E-state index contributed by atoms with van der Waals surface area (Å²) < 4.78 is 13.6. The number of aromatic nitrogens is 1. The van der Waals surface area contributed by atoms with E-state index < -0.39 is 10.7 Å². The fourth-order valence-corrected chi connectivity index (χ4v) is 2.12. The van der Waals surface area contributed by atoms with Crippen LogP contribution >= 0.6 is 15.9 Å². The van der Waals surface area contributed by atoms with Crippen LogP contribution in [0.5, 0.6) is 0 Å². The molecule has 104 valence electrons. The Bertz CT molecular complexity index is 637. The van der Waals surface area contributed by atoms with Crippen LogP contribution in [0.25, 0.3) is 0 Å². The fraction of sp³-hybridized carbons (Fsp3) is 0.154. The van der Waals surface area contributed by atoms with E-state index in [1.165, 1.54) is 6.07 Å². The van der Waals surface area contributed by atoms with Crippen molar-refractivity contribution in [2.24, 2.45) is 0 Å². The number of nitro groups is 1. The van der Waals surface area contributed by atoms with Gasteiger partial charge < -0.3 is 5.32 Å². The first-order valence-corrected chi connectivity index (χ1v) is 6.58. The number of nitrogens with zero attached hydrogens (tertiary/aromatic N) is 2. The molecule has 5 nitrogen and oxygen atoms in total. The Kier molecular flexibility index (Phi) is 4.29. The molecule has 0 aliphatic heterocycles. The Morgan fingerprint density at radius 3 is 2.65 bits per heavy atom. The molecular formula is C13H11BrFN3O2. The fourth-order valence-electron chi connectivity index (χ4n) is 1.77. The summed E-state index contributed by atoms with van der Waals surface area (Å²) in [5.41, 5.74) is 0.883. The first-order chi connectivity index (χ1) is 9.49. The molecule has 20 heavy (non-hydrogen) atoms.